The Bertz CT molecular complexity index is 1310. The molecule has 1 saturated heterocycles. The normalized spacial score (nSPS) is 17.9. The second kappa shape index (κ2) is 9.79. The van der Waals surface area contributed by atoms with E-state index in [0.29, 0.717) is 49.8 Å². The minimum absolute atomic E-state index is 0.143. The highest BCUT2D eigenvalue weighted by atomic mass is 16.5. The van der Waals surface area contributed by atoms with Gasteiger partial charge in [0.05, 0.1) is 24.1 Å². The number of carbonyl (C=O) groups excluding carboxylic acids is 1. The van der Waals surface area contributed by atoms with Crippen LogP contribution in [0.4, 0.5) is 0 Å². The number of piperazine rings is 1. The number of hydrogen-bond donors (Lipinski definition) is 0. The Morgan fingerprint density at radius 1 is 1.06 bits per heavy atom. The number of aryl methyl sites for hydroxylation is 1. The van der Waals surface area contributed by atoms with Gasteiger partial charge in [-0.15, -0.1) is 0 Å². The van der Waals surface area contributed by atoms with Gasteiger partial charge in [-0.3, -0.25) is 9.69 Å². The highest BCUT2D eigenvalue weighted by molar-refractivity contribution is 5.79. The van der Waals surface area contributed by atoms with E-state index in [4.69, 9.17) is 4.74 Å². The fourth-order valence-electron chi connectivity index (χ4n) is 4.85. The van der Waals surface area contributed by atoms with Crippen molar-refractivity contribution in [1.29, 1.82) is 5.26 Å². The van der Waals surface area contributed by atoms with Crippen LogP contribution in [0.25, 0.3) is 0 Å². The van der Waals surface area contributed by atoms with E-state index < -0.39 is 0 Å². The number of ether oxygens (including phenoxy) is 1. The summed E-state index contributed by atoms with van der Waals surface area (Å²) < 4.78 is 8.39. The number of carbonyl (C=O) groups is 1. The maximum absolute atomic E-state index is 13.2. The standard InChI is InChI=1S/C29H33N5O2/c1-29(2,3)9-8-22-6-7-26-13-24(22)17-33-11-10-32(19-28(33)35)18-25-15-31-20-34(25)16-21-4-5-23(14-30)27(12-21)36-26/h4-7,12-13,15,20H,8-11,16-19H2,1-3H3. The van der Waals surface area contributed by atoms with Gasteiger partial charge < -0.3 is 14.2 Å². The summed E-state index contributed by atoms with van der Waals surface area (Å²) in [5, 5.41) is 9.70. The Labute approximate surface area is 212 Å². The SMILES string of the molecule is CC(C)(C)CCc1ccc2cc1CN1CCN(CC1=O)Cc1cncn1Cc1ccc(C#N)c(c1)O2. The van der Waals surface area contributed by atoms with Crippen molar-refractivity contribution in [2.45, 2.75) is 53.2 Å². The Balaban J connectivity index is 1.55. The molecule has 2 aromatic carbocycles. The van der Waals surface area contributed by atoms with Gasteiger partial charge in [-0.1, -0.05) is 32.9 Å². The number of hydrogen-bond acceptors (Lipinski definition) is 5. The Hall–Kier alpha value is -3.63. The fourth-order valence-corrected chi connectivity index (χ4v) is 4.85. The minimum atomic E-state index is 0.143. The smallest absolute Gasteiger partial charge is 0.237 e. The van der Waals surface area contributed by atoms with Crippen LogP contribution < -0.4 is 4.74 Å². The first-order valence-electron chi connectivity index (χ1n) is 12.6. The van der Waals surface area contributed by atoms with E-state index in [1.165, 1.54) is 5.56 Å². The maximum atomic E-state index is 13.2. The molecule has 3 aliphatic heterocycles. The first-order chi connectivity index (χ1) is 17.3. The summed E-state index contributed by atoms with van der Waals surface area (Å²) in [6, 6.07) is 14.1. The molecule has 0 radical (unpaired) electrons. The molecule has 1 atom stereocenters. The molecule has 1 unspecified atom stereocenters. The second-order valence-electron chi connectivity index (χ2n) is 11.1. The number of nitriles is 1. The lowest BCUT2D eigenvalue weighted by molar-refractivity contribution is -0.136. The van der Waals surface area contributed by atoms with Gasteiger partial charge in [-0.25, -0.2) is 4.98 Å². The molecular formula is C29H33N5O2. The predicted molar refractivity (Wildman–Crippen MR) is 137 cm³/mol. The molecule has 3 aromatic rings. The number of nitrogens with zero attached hydrogens (tertiary/aromatic N) is 5. The zero-order valence-electron chi connectivity index (χ0n) is 21.3. The molecule has 6 bridgehead atoms. The summed E-state index contributed by atoms with van der Waals surface area (Å²) in [5.74, 6) is 1.36. The molecule has 4 heterocycles. The van der Waals surface area contributed by atoms with Gasteiger partial charge in [0, 0.05) is 38.9 Å². The van der Waals surface area contributed by atoms with E-state index in [1.54, 1.807) is 0 Å². The topological polar surface area (TPSA) is 74.4 Å². The van der Waals surface area contributed by atoms with Crippen molar-refractivity contribution in [1.82, 2.24) is 19.4 Å². The van der Waals surface area contributed by atoms with Crippen molar-refractivity contribution in [3.05, 3.63) is 76.9 Å². The van der Waals surface area contributed by atoms with Crippen LogP contribution in [0.5, 0.6) is 11.5 Å². The molecule has 1 amide bonds. The average Bonchev–Trinajstić information content (AvgIpc) is 3.25. The van der Waals surface area contributed by atoms with Crippen molar-refractivity contribution in [2.24, 2.45) is 5.41 Å². The predicted octanol–water partition coefficient (Wildman–Crippen LogP) is 4.73. The molecule has 36 heavy (non-hydrogen) atoms. The summed E-state index contributed by atoms with van der Waals surface area (Å²) in [4.78, 5) is 21.7. The van der Waals surface area contributed by atoms with Crippen molar-refractivity contribution < 1.29 is 9.53 Å². The molecule has 6 rings (SSSR count). The lowest BCUT2D eigenvalue weighted by Gasteiger charge is -2.35. The summed E-state index contributed by atoms with van der Waals surface area (Å²) in [5.41, 5.74) is 5.15. The van der Waals surface area contributed by atoms with Gasteiger partial charge >= 0.3 is 0 Å². The van der Waals surface area contributed by atoms with E-state index in [2.05, 4.69) is 47.4 Å². The molecule has 0 saturated carbocycles. The van der Waals surface area contributed by atoms with Gasteiger partial charge in [0.15, 0.2) is 0 Å². The van der Waals surface area contributed by atoms with Gasteiger partial charge in [0.1, 0.15) is 17.6 Å². The molecular weight excluding hydrogens is 450 g/mol. The largest absolute Gasteiger partial charge is 0.456 e. The summed E-state index contributed by atoms with van der Waals surface area (Å²) >= 11 is 0. The van der Waals surface area contributed by atoms with Crippen molar-refractivity contribution in [2.75, 3.05) is 19.6 Å². The van der Waals surface area contributed by atoms with E-state index in [9.17, 15) is 10.1 Å². The van der Waals surface area contributed by atoms with Gasteiger partial charge in [-0.2, -0.15) is 5.26 Å². The second-order valence-corrected chi connectivity index (χ2v) is 11.1. The average molecular weight is 484 g/mol. The molecule has 7 heteroatoms. The first kappa shape index (κ1) is 24.1. The number of benzene rings is 2. The maximum Gasteiger partial charge on any atom is 0.237 e. The number of aromatic nitrogens is 2. The van der Waals surface area contributed by atoms with Crippen LogP contribution >= 0.6 is 0 Å². The summed E-state index contributed by atoms with van der Waals surface area (Å²) in [6.45, 7) is 10.5. The van der Waals surface area contributed by atoms with Crippen LogP contribution in [0.15, 0.2) is 48.9 Å². The van der Waals surface area contributed by atoms with Crippen LogP contribution in [0.1, 0.15) is 55.1 Å². The molecule has 1 fully saturated rings. The highest BCUT2D eigenvalue weighted by Gasteiger charge is 2.26. The van der Waals surface area contributed by atoms with Crippen LogP contribution in [0.2, 0.25) is 0 Å². The van der Waals surface area contributed by atoms with Gasteiger partial charge in [0.2, 0.25) is 5.91 Å². The third-order valence-electron chi connectivity index (χ3n) is 7.01. The van der Waals surface area contributed by atoms with Crippen LogP contribution in [-0.4, -0.2) is 44.9 Å². The van der Waals surface area contributed by atoms with Crippen LogP contribution in [0.3, 0.4) is 0 Å². The number of fused-ring (bicyclic) bond motifs is 2. The van der Waals surface area contributed by atoms with Crippen LogP contribution in [0, 0.1) is 16.7 Å². The van der Waals surface area contributed by atoms with Crippen LogP contribution in [-0.2, 0) is 30.8 Å². The van der Waals surface area contributed by atoms with E-state index in [1.807, 2.05) is 47.8 Å². The molecule has 0 N–H and O–H groups in total. The Kier molecular flexibility index (Phi) is 6.55. The zero-order valence-corrected chi connectivity index (χ0v) is 21.3. The third-order valence-corrected chi connectivity index (χ3v) is 7.01. The summed E-state index contributed by atoms with van der Waals surface area (Å²) in [6.07, 6.45) is 5.68. The lowest BCUT2D eigenvalue weighted by Crippen LogP contribution is -2.49. The van der Waals surface area contributed by atoms with Gasteiger partial charge in [0.25, 0.3) is 0 Å². The van der Waals surface area contributed by atoms with E-state index >= 15 is 0 Å². The molecule has 0 spiro atoms. The molecule has 3 aliphatic rings. The summed E-state index contributed by atoms with van der Waals surface area (Å²) in [7, 11) is 0. The first-order valence-corrected chi connectivity index (χ1v) is 12.6. The van der Waals surface area contributed by atoms with Crippen molar-refractivity contribution >= 4 is 5.91 Å². The van der Waals surface area contributed by atoms with Crippen molar-refractivity contribution in [3.63, 3.8) is 0 Å². The Morgan fingerprint density at radius 3 is 2.69 bits per heavy atom. The number of rotatable bonds is 2. The lowest BCUT2D eigenvalue weighted by atomic mass is 9.87. The third kappa shape index (κ3) is 5.44. The van der Waals surface area contributed by atoms with E-state index in [-0.39, 0.29) is 11.3 Å². The minimum Gasteiger partial charge on any atom is -0.456 e. The molecule has 186 valence electrons. The Morgan fingerprint density at radius 2 is 1.92 bits per heavy atom. The number of imidazole rings is 1. The molecule has 7 nitrogen and oxygen atoms in total. The molecule has 1 aromatic heterocycles. The molecule has 0 aliphatic carbocycles. The monoisotopic (exact) mass is 483 g/mol. The van der Waals surface area contributed by atoms with Gasteiger partial charge in [-0.05, 0) is 59.2 Å². The van der Waals surface area contributed by atoms with E-state index in [0.717, 1.165) is 36.2 Å². The quantitative estimate of drug-likeness (QED) is 0.527. The highest BCUT2D eigenvalue weighted by Crippen LogP contribution is 2.31. The zero-order chi connectivity index (χ0) is 25.3. The fraction of sp³-hybridized carbons (Fsp3) is 0.414. The van der Waals surface area contributed by atoms with Crippen molar-refractivity contribution in [3.8, 4) is 17.6 Å². The number of amides is 1.